The highest BCUT2D eigenvalue weighted by Gasteiger charge is 2.31. The second kappa shape index (κ2) is 20.7. The van der Waals surface area contributed by atoms with Crippen LogP contribution in [-0.2, 0) is 5.41 Å². The first-order chi connectivity index (χ1) is 33.8. The second-order valence-corrected chi connectivity index (χ2v) is 16.7. The molecule has 0 aliphatic heterocycles. The fourth-order valence-corrected chi connectivity index (χ4v) is 8.30. The summed E-state index contributed by atoms with van der Waals surface area (Å²) in [6, 6.07) is 64.6. The van der Waals surface area contributed by atoms with Gasteiger partial charge in [-0.05, 0) is 70.5 Å². The van der Waals surface area contributed by atoms with Gasteiger partial charge in [-0.1, -0.05) is 238 Å². The summed E-state index contributed by atoms with van der Waals surface area (Å²) in [4.78, 5) is 30.2. The van der Waals surface area contributed by atoms with Crippen molar-refractivity contribution in [3.63, 3.8) is 0 Å². The Balaban J connectivity index is 1.09. The fraction of sp³-hybridized carbons (Fsp3) is 0.0476. The van der Waals surface area contributed by atoms with Gasteiger partial charge < -0.3 is 0 Å². The molecule has 0 spiro atoms. The number of hydrogen-bond donors (Lipinski definition) is 0. The zero-order valence-electron chi connectivity index (χ0n) is 38.7. The Kier molecular flexibility index (Phi) is 13.5. The van der Waals surface area contributed by atoms with Crippen LogP contribution in [0, 0.1) is 0 Å². The first kappa shape index (κ1) is 45.2. The molecule has 1 unspecified atom stereocenters. The summed E-state index contributed by atoms with van der Waals surface area (Å²) < 4.78 is 0. The minimum atomic E-state index is -0.537. The molecule has 0 aliphatic carbocycles. The Morgan fingerprint density at radius 3 is 1.39 bits per heavy atom. The Labute approximate surface area is 405 Å². The highest BCUT2D eigenvalue weighted by atomic mass is 15.0. The molecule has 332 valence electrons. The molecule has 7 aromatic carbocycles. The van der Waals surface area contributed by atoms with Crippen LogP contribution in [-0.4, -0.2) is 29.9 Å². The number of allylic oxidation sites excluding steroid dienone is 9. The number of rotatable bonds is 15. The first-order valence-electron chi connectivity index (χ1n) is 22.9. The van der Waals surface area contributed by atoms with Gasteiger partial charge in [0.1, 0.15) is 0 Å². The van der Waals surface area contributed by atoms with E-state index in [1.54, 1.807) is 12.2 Å². The minimum absolute atomic E-state index is 0.537. The molecule has 0 saturated heterocycles. The lowest BCUT2D eigenvalue weighted by molar-refractivity contribution is 0.692. The van der Waals surface area contributed by atoms with Gasteiger partial charge in [-0.2, -0.15) is 0 Å². The van der Waals surface area contributed by atoms with Crippen molar-refractivity contribution in [2.45, 2.75) is 19.3 Å². The van der Waals surface area contributed by atoms with Crippen molar-refractivity contribution < 1.29 is 0 Å². The maximum Gasteiger partial charge on any atom is 0.164 e. The number of nitrogens with zero attached hydrogens (tertiary/aromatic N) is 6. The molecule has 0 aliphatic rings. The molecule has 6 nitrogen and oxygen atoms in total. The van der Waals surface area contributed by atoms with Gasteiger partial charge in [-0.25, -0.2) is 29.9 Å². The van der Waals surface area contributed by atoms with Crippen LogP contribution in [0.15, 0.2) is 250 Å². The normalized spacial score (nSPS) is 12.5. The van der Waals surface area contributed by atoms with Gasteiger partial charge in [-0.15, -0.1) is 0 Å². The summed E-state index contributed by atoms with van der Waals surface area (Å²) in [5.41, 5.74) is 12.2. The molecule has 0 bridgehead atoms. The van der Waals surface area contributed by atoms with Crippen LogP contribution < -0.4 is 0 Å². The maximum absolute atomic E-state index is 5.10. The molecule has 2 aromatic heterocycles. The molecular formula is C63H50N6. The first-order valence-corrected chi connectivity index (χ1v) is 22.9. The van der Waals surface area contributed by atoms with E-state index in [4.69, 9.17) is 29.9 Å². The Bertz CT molecular complexity index is 3370. The van der Waals surface area contributed by atoms with E-state index in [0.29, 0.717) is 34.9 Å². The molecule has 0 saturated carbocycles. The van der Waals surface area contributed by atoms with Gasteiger partial charge in [0.15, 0.2) is 34.9 Å². The van der Waals surface area contributed by atoms with Crippen molar-refractivity contribution in [3.05, 3.63) is 278 Å². The van der Waals surface area contributed by atoms with Crippen LogP contribution >= 0.6 is 0 Å². The van der Waals surface area contributed by atoms with Crippen LogP contribution in [0.3, 0.4) is 0 Å². The summed E-state index contributed by atoms with van der Waals surface area (Å²) in [6.45, 7) is 16.2. The van der Waals surface area contributed by atoms with E-state index in [2.05, 4.69) is 142 Å². The van der Waals surface area contributed by atoms with Crippen LogP contribution in [0.2, 0.25) is 0 Å². The van der Waals surface area contributed by atoms with Crippen molar-refractivity contribution in [1.82, 2.24) is 29.9 Å². The monoisotopic (exact) mass is 890 g/mol. The molecule has 0 N–H and O–H groups in total. The van der Waals surface area contributed by atoms with Crippen LogP contribution in [0.1, 0.15) is 41.9 Å². The number of hydrogen-bond acceptors (Lipinski definition) is 6. The summed E-state index contributed by atoms with van der Waals surface area (Å²) in [7, 11) is 0. The van der Waals surface area contributed by atoms with E-state index in [9.17, 15) is 0 Å². The molecule has 0 radical (unpaired) electrons. The molecule has 9 rings (SSSR count). The summed E-state index contributed by atoms with van der Waals surface area (Å²) in [5, 5.41) is 0. The van der Waals surface area contributed by atoms with Crippen LogP contribution in [0.4, 0.5) is 0 Å². The molecule has 0 fully saturated rings. The van der Waals surface area contributed by atoms with Crippen molar-refractivity contribution in [2.75, 3.05) is 0 Å². The number of benzene rings is 7. The highest BCUT2D eigenvalue weighted by Crippen LogP contribution is 2.40. The van der Waals surface area contributed by atoms with Gasteiger partial charge in [-0.3, -0.25) is 0 Å². The molecule has 6 heteroatoms. The Hall–Kier alpha value is -9.00. The van der Waals surface area contributed by atoms with Gasteiger partial charge in [0, 0.05) is 33.2 Å². The third-order valence-corrected chi connectivity index (χ3v) is 12.2. The van der Waals surface area contributed by atoms with E-state index >= 15 is 0 Å². The summed E-state index contributed by atoms with van der Waals surface area (Å²) in [5.74, 6) is 3.54. The third kappa shape index (κ3) is 10.1. The van der Waals surface area contributed by atoms with Gasteiger partial charge in [0.2, 0.25) is 0 Å². The van der Waals surface area contributed by atoms with Gasteiger partial charge in [0.25, 0.3) is 0 Å². The van der Waals surface area contributed by atoms with Gasteiger partial charge >= 0.3 is 0 Å². The molecular weight excluding hydrogens is 841 g/mol. The van der Waals surface area contributed by atoms with Crippen LogP contribution in [0.5, 0.6) is 0 Å². The van der Waals surface area contributed by atoms with E-state index in [1.165, 1.54) is 0 Å². The molecule has 69 heavy (non-hydrogen) atoms. The molecule has 9 aromatic rings. The van der Waals surface area contributed by atoms with E-state index < -0.39 is 5.41 Å². The predicted molar refractivity (Wildman–Crippen MR) is 286 cm³/mol. The predicted octanol–water partition coefficient (Wildman–Crippen LogP) is 15.3. The average molecular weight is 891 g/mol. The zero-order chi connectivity index (χ0) is 47.6. The lowest BCUT2D eigenvalue weighted by Gasteiger charge is -2.32. The summed E-state index contributed by atoms with van der Waals surface area (Å²) >= 11 is 0. The minimum Gasteiger partial charge on any atom is -0.209 e. The Morgan fingerprint density at radius 2 is 0.826 bits per heavy atom. The highest BCUT2D eigenvalue weighted by molar-refractivity contribution is 5.77. The van der Waals surface area contributed by atoms with E-state index in [1.807, 2.05) is 110 Å². The van der Waals surface area contributed by atoms with E-state index in [-0.39, 0.29) is 0 Å². The van der Waals surface area contributed by atoms with Crippen LogP contribution in [0.25, 0.3) is 79.2 Å². The summed E-state index contributed by atoms with van der Waals surface area (Å²) in [6.07, 6.45) is 13.1. The second-order valence-electron chi connectivity index (χ2n) is 16.7. The topological polar surface area (TPSA) is 77.3 Å². The van der Waals surface area contributed by atoms with Crippen molar-refractivity contribution >= 4 is 11.1 Å². The average Bonchev–Trinajstić information content (AvgIpc) is 3.42. The standard InChI is InChI=1S/C63H50N6/c1-6-8-13-23-45(4)57-64-59(68-61(65-57)53-31-21-29-51(43-53)46-24-14-10-15-25-46)48-34-38-55(39-35-48)63(5,54-32-18-12-19-33-54)56-40-36-49(37-41-56)60-66-58(47-26-16-11-17-27-47)67-62(69-60)52-30-20-28-50(42-52)44(3)22-9-7-2/h6-43H,1-3H2,4-5H3/b13-8-,22-9-,45-23+. The fourth-order valence-electron chi connectivity index (χ4n) is 8.30. The largest absolute Gasteiger partial charge is 0.209 e. The smallest absolute Gasteiger partial charge is 0.164 e. The lowest BCUT2D eigenvalue weighted by atomic mass is 9.71. The SMILES string of the molecule is C=C/C=C\C=C(/C)c1nc(-c2ccc(C(C)(c3ccccc3)c3ccc(-c4nc(-c5ccccc5)nc(-c5cccc(C(=C)/C=C\C=C)c5)n4)cc3)cc2)nc(-c2cccc(-c3ccccc3)c2)n1. The molecule has 2 heterocycles. The quantitative estimate of drug-likeness (QED) is 0.0754. The Morgan fingerprint density at radius 1 is 0.406 bits per heavy atom. The van der Waals surface area contributed by atoms with Crippen molar-refractivity contribution in [1.29, 1.82) is 0 Å². The van der Waals surface area contributed by atoms with Crippen molar-refractivity contribution in [3.8, 4) is 68.1 Å². The third-order valence-electron chi connectivity index (χ3n) is 12.2. The maximum atomic E-state index is 5.10. The zero-order valence-corrected chi connectivity index (χ0v) is 38.7. The number of aromatic nitrogens is 6. The molecule has 1 atom stereocenters. The molecule has 0 amide bonds. The lowest BCUT2D eigenvalue weighted by Crippen LogP contribution is -2.25. The van der Waals surface area contributed by atoms with Crippen molar-refractivity contribution in [2.24, 2.45) is 0 Å². The van der Waals surface area contributed by atoms with E-state index in [0.717, 1.165) is 72.3 Å². The van der Waals surface area contributed by atoms with Gasteiger partial charge in [0.05, 0.1) is 0 Å².